The maximum absolute atomic E-state index is 6.09. The SMILES string of the molecule is CC1CC(Oc2ccc(Br)cc2CN)CC(C)O1. The third kappa shape index (κ3) is 3.46. The molecule has 1 aromatic rings. The van der Waals surface area contributed by atoms with Crippen molar-refractivity contribution in [1.82, 2.24) is 0 Å². The van der Waals surface area contributed by atoms with Crippen molar-refractivity contribution < 1.29 is 9.47 Å². The third-order valence-electron chi connectivity index (χ3n) is 3.19. The molecule has 0 amide bonds. The second-order valence-corrected chi connectivity index (χ2v) is 5.84. The van der Waals surface area contributed by atoms with Crippen LogP contribution in [0.15, 0.2) is 22.7 Å². The monoisotopic (exact) mass is 313 g/mol. The molecular formula is C14H20BrNO2. The van der Waals surface area contributed by atoms with Gasteiger partial charge in [-0.3, -0.25) is 0 Å². The van der Waals surface area contributed by atoms with Gasteiger partial charge in [0.05, 0.1) is 12.2 Å². The van der Waals surface area contributed by atoms with E-state index in [-0.39, 0.29) is 18.3 Å². The van der Waals surface area contributed by atoms with E-state index in [9.17, 15) is 0 Å². The normalized spacial score (nSPS) is 28.1. The van der Waals surface area contributed by atoms with Gasteiger partial charge in [0.1, 0.15) is 11.9 Å². The molecule has 1 aliphatic rings. The van der Waals surface area contributed by atoms with Gasteiger partial charge in [0.2, 0.25) is 0 Å². The Morgan fingerprint density at radius 1 is 1.33 bits per heavy atom. The standard InChI is InChI=1S/C14H20BrNO2/c1-9-5-13(6-10(2)17-9)18-14-4-3-12(15)7-11(14)8-16/h3-4,7,9-10,13H,5-6,8,16H2,1-2H3. The van der Waals surface area contributed by atoms with Crippen molar-refractivity contribution >= 4 is 15.9 Å². The van der Waals surface area contributed by atoms with E-state index in [2.05, 4.69) is 29.8 Å². The van der Waals surface area contributed by atoms with E-state index < -0.39 is 0 Å². The molecule has 1 saturated heterocycles. The predicted molar refractivity (Wildman–Crippen MR) is 75.7 cm³/mol. The minimum absolute atomic E-state index is 0.218. The van der Waals surface area contributed by atoms with Crippen LogP contribution in [0.25, 0.3) is 0 Å². The average molecular weight is 314 g/mol. The van der Waals surface area contributed by atoms with Crippen molar-refractivity contribution in [3.8, 4) is 5.75 Å². The summed E-state index contributed by atoms with van der Waals surface area (Å²) in [5, 5.41) is 0. The number of ether oxygens (including phenoxy) is 2. The first-order valence-corrected chi connectivity index (χ1v) is 7.18. The van der Waals surface area contributed by atoms with Crippen LogP contribution in [0.4, 0.5) is 0 Å². The summed E-state index contributed by atoms with van der Waals surface area (Å²) in [5.74, 6) is 0.895. The first-order valence-electron chi connectivity index (χ1n) is 6.39. The van der Waals surface area contributed by atoms with Crippen LogP contribution in [0, 0.1) is 0 Å². The van der Waals surface area contributed by atoms with Crippen LogP contribution in [0.1, 0.15) is 32.3 Å². The summed E-state index contributed by atoms with van der Waals surface area (Å²) in [5.41, 5.74) is 6.79. The summed E-state index contributed by atoms with van der Waals surface area (Å²) in [6, 6.07) is 5.99. The van der Waals surface area contributed by atoms with Gasteiger partial charge in [-0.05, 0) is 32.0 Å². The highest BCUT2D eigenvalue weighted by Crippen LogP contribution is 2.28. The Labute approximate surface area is 117 Å². The van der Waals surface area contributed by atoms with Crippen LogP contribution >= 0.6 is 15.9 Å². The average Bonchev–Trinajstić information content (AvgIpc) is 2.30. The molecule has 0 aliphatic carbocycles. The number of halogens is 1. The first kappa shape index (κ1) is 13.8. The van der Waals surface area contributed by atoms with Crippen LogP contribution < -0.4 is 10.5 Å². The Kier molecular flexibility index (Phi) is 4.65. The Morgan fingerprint density at radius 3 is 2.61 bits per heavy atom. The van der Waals surface area contributed by atoms with E-state index in [1.165, 1.54) is 0 Å². The summed E-state index contributed by atoms with van der Waals surface area (Å²) < 4.78 is 12.8. The molecule has 18 heavy (non-hydrogen) atoms. The molecule has 1 fully saturated rings. The Bertz CT molecular complexity index is 401. The van der Waals surface area contributed by atoms with Gasteiger partial charge in [0.15, 0.2) is 0 Å². The minimum Gasteiger partial charge on any atom is -0.490 e. The lowest BCUT2D eigenvalue weighted by molar-refractivity contribution is -0.0723. The van der Waals surface area contributed by atoms with Gasteiger partial charge in [0.25, 0.3) is 0 Å². The molecule has 2 atom stereocenters. The van der Waals surface area contributed by atoms with E-state index in [1.54, 1.807) is 0 Å². The van der Waals surface area contributed by atoms with Crippen LogP contribution in [0.2, 0.25) is 0 Å². The molecule has 3 nitrogen and oxygen atoms in total. The van der Waals surface area contributed by atoms with Crippen molar-refractivity contribution in [3.63, 3.8) is 0 Å². The summed E-state index contributed by atoms with van der Waals surface area (Å²) >= 11 is 3.45. The molecule has 2 unspecified atom stereocenters. The highest BCUT2D eigenvalue weighted by molar-refractivity contribution is 9.10. The topological polar surface area (TPSA) is 44.5 Å². The van der Waals surface area contributed by atoms with Gasteiger partial charge in [-0.2, -0.15) is 0 Å². The Balaban J connectivity index is 2.08. The second-order valence-electron chi connectivity index (χ2n) is 4.92. The molecule has 1 aromatic carbocycles. The molecule has 100 valence electrons. The summed E-state index contributed by atoms with van der Waals surface area (Å²) in [7, 11) is 0. The lowest BCUT2D eigenvalue weighted by Gasteiger charge is -2.32. The van der Waals surface area contributed by atoms with Crippen molar-refractivity contribution in [3.05, 3.63) is 28.2 Å². The van der Waals surface area contributed by atoms with Gasteiger partial charge < -0.3 is 15.2 Å². The van der Waals surface area contributed by atoms with Crippen LogP contribution in [-0.4, -0.2) is 18.3 Å². The predicted octanol–water partition coefficient (Wildman–Crippen LogP) is 3.24. The van der Waals surface area contributed by atoms with E-state index in [0.717, 1.165) is 28.6 Å². The maximum atomic E-state index is 6.09. The Morgan fingerprint density at radius 2 is 2.00 bits per heavy atom. The van der Waals surface area contributed by atoms with E-state index in [1.807, 2.05) is 18.2 Å². The third-order valence-corrected chi connectivity index (χ3v) is 3.68. The van der Waals surface area contributed by atoms with Gasteiger partial charge in [-0.25, -0.2) is 0 Å². The quantitative estimate of drug-likeness (QED) is 0.931. The van der Waals surface area contributed by atoms with Crippen LogP contribution in [-0.2, 0) is 11.3 Å². The molecule has 0 bridgehead atoms. The summed E-state index contributed by atoms with van der Waals surface area (Å²) in [6.45, 7) is 4.68. The molecule has 2 N–H and O–H groups in total. The van der Waals surface area contributed by atoms with Gasteiger partial charge in [-0.15, -0.1) is 0 Å². The number of nitrogens with two attached hydrogens (primary N) is 1. The fourth-order valence-corrected chi connectivity index (χ4v) is 2.85. The molecule has 0 spiro atoms. The zero-order valence-corrected chi connectivity index (χ0v) is 12.4. The molecule has 4 heteroatoms. The molecular weight excluding hydrogens is 294 g/mol. The van der Waals surface area contributed by atoms with Crippen molar-refractivity contribution in [2.45, 2.75) is 51.5 Å². The largest absolute Gasteiger partial charge is 0.490 e. The minimum atomic E-state index is 0.218. The van der Waals surface area contributed by atoms with E-state index >= 15 is 0 Å². The maximum Gasteiger partial charge on any atom is 0.124 e. The van der Waals surface area contributed by atoms with Crippen molar-refractivity contribution in [2.75, 3.05) is 0 Å². The number of rotatable bonds is 3. The Hall–Kier alpha value is -0.580. The van der Waals surface area contributed by atoms with E-state index in [4.69, 9.17) is 15.2 Å². The molecule has 2 rings (SSSR count). The highest BCUT2D eigenvalue weighted by atomic mass is 79.9. The first-order chi connectivity index (χ1) is 8.58. The van der Waals surface area contributed by atoms with Gasteiger partial charge in [-0.1, -0.05) is 15.9 Å². The molecule has 0 saturated carbocycles. The van der Waals surface area contributed by atoms with Crippen molar-refractivity contribution in [1.29, 1.82) is 0 Å². The fourth-order valence-electron chi connectivity index (χ4n) is 2.44. The molecule has 0 aromatic heterocycles. The number of hydrogen-bond donors (Lipinski definition) is 1. The summed E-state index contributed by atoms with van der Waals surface area (Å²) in [6.07, 6.45) is 2.61. The lowest BCUT2D eigenvalue weighted by atomic mass is 10.0. The molecule has 1 heterocycles. The number of hydrogen-bond acceptors (Lipinski definition) is 3. The van der Waals surface area contributed by atoms with Crippen molar-refractivity contribution in [2.24, 2.45) is 5.73 Å². The number of benzene rings is 1. The van der Waals surface area contributed by atoms with Crippen LogP contribution in [0.5, 0.6) is 5.75 Å². The lowest BCUT2D eigenvalue weighted by Crippen LogP contribution is -2.35. The smallest absolute Gasteiger partial charge is 0.124 e. The fraction of sp³-hybridized carbons (Fsp3) is 0.571. The van der Waals surface area contributed by atoms with Crippen LogP contribution in [0.3, 0.4) is 0 Å². The van der Waals surface area contributed by atoms with Gasteiger partial charge in [0, 0.05) is 29.4 Å². The zero-order valence-electron chi connectivity index (χ0n) is 10.9. The van der Waals surface area contributed by atoms with Gasteiger partial charge >= 0.3 is 0 Å². The molecule has 1 aliphatic heterocycles. The second kappa shape index (κ2) is 6.04. The zero-order chi connectivity index (χ0) is 13.1. The van der Waals surface area contributed by atoms with E-state index in [0.29, 0.717) is 6.54 Å². The molecule has 0 radical (unpaired) electrons. The summed E-state index contributed by atoms with van der Waals surface area (Å²) in [4.78, 5) is 0. The highest BCUT2D eigenvalue weighted by Gasteiger charge is 2.26.